The van der Waals surface area contributed by atoms with Crippen LogP contribution in [0, 0.1) is 0 Å². The maximum Gasteiger partial charge on any atom is 0.367 e. The molecule has 1 N–H and O–H groups in total. The van der Waals surface area contributed by atoms with Gasteiger partial charge in [-0.3, -0.25) is 0 Å². The quantitative estimate of drug-likeness (QED) is 0.851. The third kappa shape index (κ3) is 4.10. The molecule has 4 nitrogen and oxygen atoms in total. The Bertz CT molecular complexity index is 348. The lowest BCUT2D eigenvalue weighted by Gasteiger charge is -1.97. The van der Waals surface area contributed by atoms with Crippen LogP contribution in [0.15, 0.2) is 0 Å². The highest BCUT2D eigenvalue weighted by atomic mass is 35.5. The number of aromatic nitrogens is 1. The van der Waals surface area contributed by atoms with Crippen molar-refractivity contribution < 1.29 is 9.53 Å². The molecule has 0 radical (unpaired) electrons. The highest BCUT2D eigenvalue weighted by molar-refractivity contribution is 7.13. The van der Waals surface area contributed by atoms with Crippen molar-refractivity contribution in [2.75, 3.05) is 13.2 Å². The lowest BCUT2D eigenvalue weighted by atomic mass is 10.2. The number of thiazole rings is 1. The van der Waals surface area contributed by atoms with Crippen molar-refractivity contribution in [3.05, 3.63) is 15.6 Å². The predicted octanol–water partition coefficient (Wildman–Crippen LogP) is 2.20. The molecule has 0 aliphatic carbocycles. The van der Waals surface area contributed by atoms with E-state index in [0.717, 1.165) is 31.6 Å². The van der Waals surface area contributed by atoms with E-state index in [0.29, 0.717) is 11.6 Å². The summed E-state index contributed by atoms with van der Waals surface area (Å²) in [5, 5.41) is 3.80. The van der Waals surface area contributed by atoms with Crippen LogP contribution in [-0.4, -0.2) is 24.1 Å². The second-order valence-electron chi connectivity index (χ2n) is 3.39. The fraction of sp³-hybridized carbons (Fsp3) is 0.600. The van der Waals surface area contributed by atoms with E-state index in [2.05, 4.69) is 10.3 Å². The SMILES string of the molecule is CCOC(=O)c1nc2c(s1)CNCCC2.Cl.Cl. The summed E-state index contributed by atoms with van der Waals surface area (Å²) < 4.78 is 4.93. The zero-order valence-electron chi connectivity index (χ0n) is 9.52. The van der Waals surface area contributed by atoms with Gasteiger partial charge < -0.3 is 10.1 Å². The molecule has 0 aromatic carbocycles. The number of carbonyl (C=O) groups excluding carboxylic acids is 1. The molecule has 7 heteroatoms. The molecule has 0 atom stereocenters. The molecule has 0 spiro atoms. The smallest absolute Gasteiger partial charge is 0.367 e. The number of hydrogen-bond acceptors (Lipinski definition) is 5. The first-order chi connectivity index (χ1) is 7.31. The lowest BCUT2D eigenvalue weighted by molar-refractivity contribution is 0.0525. The molecule has 1 aromatic heterocycles. The number of aryl methyl sites for hydroxylation is 1. The van der Waals surface area contributed by atoms with E-state index in [1.165, 1.54) is 16.2 Å². The van der Waals surface area contributed by atoms with Gasteiger partial charge in [-0.25, -0.2) is 9.78 Å². The molecular formula is C10H16Cl2N2O2S. The Morgan fingerprint density at radius 1 is 1.53 bits per heavy atom. The summed E-state index contributed by atoms with van der Waals surface area (Å²) in [6, 6.07) is 0. The number of nitrogens with one attached hydrogen (secondary N) is 1. The van der Waals surface area contributed by atoms with Crippen LogP contribution in [0.25, 0.3) is 0 Å². The fourth-order valence-electron chi connectivity index (χ4n) is 1.58. The fourth-order valence-corrected chi connectivity index (χ4v) is 2.55. The Morgan fingerprint density at radius 3 is 3.00 bits per heavy atom. The molecule has 0 saturated heterocycles. The molecule has 0 saturated carbocycles. The average molecular weight is 299 g/mol. The number of nitrogens with zero attached hydrogens (tertiary/aromatic N) is 1. The molecule has 1 aromatic rings. The van der Waals surface area contributed by atoms with E-state index in [1.54, 1.807) is 6.92 Å². The van der Waals surface area contributed by atoms with Crippen LogP contribution < -0.4 is 5.32 Å². The number of hydrogen-bond donors (Lipinski definition) is 1. The second kappa shape index (κ2) is 7.87. The first-order valence-electron chi connectivity index (χ1n) is 5.17. The number of ether oxygens (including phenoxy) is 1. The van der Waals surface area contributed by atoms with E-state index < -0.39 is 0 Å². The normalized spacial score (nSPS) is 13.7. The van der Waals surface area contributed by atoms with E-state index in [9.17, 15) is 4.79 Å². The Kier molecular flexibility index (Phi) is 7.70. The standard InChI is InChI=1S/C10H14N2O2S.2ClH/c1-2-14-10(13)9-12-7-4-3-5-11-6-8(7)15-9;;/h11H,2-6H2,1H3;2*1H. The number of carbonyl (C=O) groups is 1. The monoisotopic (exact) mass is 298 g/mol. The summed E-state index contributed by atoms with van der Waals surface area (Å²) in [5.74, 6) is -0.296. The first kappa shape index (κ1) is 16.6. The van der Waals surface area contributed by atoms with Gasteiger partial charge >= 0.3 is 5.97 Å². The van der Waals surface area contributed by atoms with Crippen LogP contribution in [0.3, 0.4) is 0 Å². The summed E-state index contributed by atoms with van der Waals surface area (Å²) in [7, 11) is 0. The molecule has 2 heterocycles. The van der Waals surface area contributed by atoms with Crippen LogP contribution in [-0.2, 0) is 17.7 Å². The van der Waals surface area contributed by atoms with Gasteiger partial charge in [0.25, 0.3) is 0 Å². The number of fused-ring (bicyclic) bond motifs is 1. The van der Waals surface area contributed by atoms with Crippen molar-refractivity contribution in [3.8, 4) is 0 Å². The van der Waals surface area contributed by atoms with E-state index in [4.69, 9.17) is 4.74 Å². The minimum atomic E-state index is -0.296. The lowest BCUT2D eigenvalue weighted by Crippen LogP contribution is -2.11. The summed E-state index contributed by atoms with van der Waals surface area (Å²) in [4.78, 5) is 17.0. The van der Waals surface area contributed by atoms with Crippen LogP contribution in [0.1, 0.15) is 33.7 Å². The molecule has 1 aliphatic heterocycles. The summed E-state index contributed by atoms with van der Waals surface area (Å²) in [6.07, 6.45) is 2.04. The molecule has 0 unspecified atom stereocenters. The van der Waals surface area contributed by atoms with E-state index in [1.807, 2.05) is 0 Å². The number of esters is 1. The third-order valence-corrected chi connectivity index (χ3v) is 3.36. The van der Waals surface area contributed by atoms with Crippen molar-refractivity contribution in [3.63, 3.8) is 0 Å². The zero-order chi connectivity index (χ0) is 10.7. The average Bonchev–Trinajstić information content (AvgIpc) is 2.51. The van der Waals surface area contributed by atoms with Gasteiger partial charge in [-0.15, -0.1) is 36.2 Å². The summed E-state index contributed by atoms with van der Waals surface area (Å²) in [5.41, 5.74) is 1.06. The van der Waals surface area contributed by atoms with Crippen LogP contribution in [0.5, 0.6) is 0 Å². The second-order valence-corrected chi connectivity index (χ2v) is 4.47. The largest absolute Gasteiger partial charge is 0.461 e. The first-order valence-corrected chi connectivity index (χ1v) is 5.99. The van der Waals surface area contributed by atoms with Gasteiger partial charge in [0.15, 0.2) is 0 Å². The summed E-state index contributed by atoms with van der Waals surface area (Å²) >= 11 is 1.45. The highest BCUT2D eigenvalue weighted by Gasteiger charge is 2.18. The van der Waals surface area contributed by atoms with Crippen molar-refractivity contribution in [2.24, 2.45) is 0 Å². The highest BCUT2D eigenvalue weighted by Crippen LogP contribution is 2.22. The third-order valence-electron chi connectivity index (χ3n) is 2.28. The predicted molar refractivity (Wildman–Crippen MR) is 72.6 cm³/mol. The van der Waals surface area contributed by atoms with Gasteiger partial charge in [-0.05, 0) is 26.3 Å². The van der Waals surface area contributed by atoms with Gasteiger partial charge in [0, 0.05) is 11.4 Å². The molecule has 17 heavy (non-hydrogen) atoms. The van der Waals surface area contributed by atoms with Gasteiger partial charge in [0.05, 0.1) is 12.3 Å². The molecule has 0 amide bonds. The Labute approximate surface area is 117 Å². The topological polar surface area (TPSA) is 51.2 Å². The van der Waals surface area contributed by atoms with E-state index >= 15 is 0 Å². The van der Waals surface area contributed by atoms with Crippen LogP contribution >= 0.6 is 36.2 Å². The van der Waals surface area contributed by atoms with Crippen molar-refractivity contribution in [2.45, 2.75) is 26.3 Å². The van der Waals surface area contributed by atoms with Crippen LogP contribution in [0.2, 0.25) is 0 Å². The Hall–Kier alpha value is -0.360. The maximum absolute atomic E-state index is 11.5. The van der Waals surface area contributed by atoms with Gasteiger partial charge in [-0.1, -0.05) is 0 Å². The molecule has 2 rings (SSSR count). The van der Waals surface area contributed by atoms with E-state index in [-0.39, 0.29) is 30.8 Å². The summed E-state index contributed by atoms with van der Waals surface area (Å²) in [6.45, 7) is 4.06. The molecule has 0 fully saturated rings. The number of halogens is 2. The maximum atomic E-state index is 11.5. The minimum Gasteiger partial charge on any atom is -0.461 e. The van der Waals surface area contributed by atoms with Crippen molar-refractivity contribution in [1.82, 2.24) is 10.3 Å². The van der Waals surface area contributed by atoms with Gasteiger partial charge in [0.2, 0.25) is 5.01 Å². The zero-order valence-corrected chi connectivity index (χ0v) is 12.0. The molecule has 0 bridgehead atoms. The number of rotatable bonds is 2. The molecule has 98 valence electrons. The Morgan fingerprint density at radius 2 is 2.29 bits per heavy atom. The van der Waals surface area contributed by atoms with Gasteiger partial charge in [-0.2, -0.15) is 0 Å². The molecule has 1 aliphatic rings. The Balaban J connectivity index is 0.00000128. The molecular weight excluding hydrogens is 283 g/mol. The van der Waals surface area contributed by atoms with Crippen LogP contribution in [0.4, 0.5) is 0 Å². The van der Waals surface area contributed by atoms with Crippen molar-refractivity contribution >= 4 is 42.1 Å². The minimum absolute atomic E-state index is 0. The van der Waals surface area contributed by atoms with Crippen molar-refractivity contribution in [1.29, 1.82) is 0 Å². The van der Waals surface area contributed by atoms with Gasteiger partial charge in [0.1, 0.15) is 0 Å².